The number of methoxy groups -OCH3 is 1. The summed E-state index contributed by atoms with van der Waals surface area (Å²) in [6.45, 7) is -0.699. The van der Waals surface area contributed by atoms with Gasteiger partial charge in [0, 0.05) is 13.5 Å². The summed E-state index contributed by atoms with van der Waals surface area (Å²) >= 11 is 0. The van der Waals surface area contributed by atoms with E-state index < -0.39 is 24.4 Å². The summed E-state index contributed by atoms with van der Waals surface area (Å²) in [5, 5.41) is 0. The zero-order valence-electron chi connectivity index (χ0n) is 10.1. The van der Waals surface area contributed by atoms with Gasteiger partial charge in [-0.15, -0.1) is 0 Å². The second-order valence-electron chi connectivity index (χ2n) is 5.33. The molecule has 3 heterocycles. The molecular formula is C12H19FO4. The maximum absolute atomic E-state index is 13.1. The monoisotopic (exact) mass is 246 g/mol. The Morgan fingerprint density at radius 1 is 1.24 bits per heavy atom. The highest BCUT2D eigenvalue weighted by Gasteiger charge is 2.61. The first-order valence-electron chi connectivity index (χ1n) is 6.38. The van der Waals surface area contributed by atoms with Crippen LogP contribution < -0.4 is 0 Å². The lowest BCUT2D eigenvalue weighted by molar-refractivity contribution is -0.552. The van der Waals surface area contributed by atoms with Crippen molar-refractivity contribution >= 4 is 0 Å². The minimum atomic E-state index is -1.25. The van der Waals surface area contributed by atoms with Gasteiger partial charge in [0.1, 0.15) is 6.67 Å². The third-order valence-corrected chi connectivity index (χ3v) is 4.42. The van der Waals surface area contributed by atoms with E-state index in [9.17, 15) is 4.39 Å². The predicted molar refractivity (Wildman–Crippen MR) is 56.7 cm³/mol. The Labute approximate surface area is 100 Å². The molecule has 4 atom stereocenters. The van der Waals surface area contributed by atoms with Gasteiger partial charge in [-0.05, 0) is 25.2 Å². The summed E-state index contributed by atoms with van der Waals surface area (Å²) in [6, 6.07) is 0. The van der Waals surface area contributed by atoms with Gasteiger partial charge in [0.15, 0.2) is 11.9 Å². The maximum atomic E-state index is 13.1. The Balaban J connectivity index is 1.94. The quantitative estimate of drug-likeness (QED) is 0.701. The highest BCUT2D eigenvalue weighted by Crippen LogP contribution is 2.52. The minimum Gasteiger partial charge on any atom is -0.353 e. The van der Waals surface area contributed by atoms with Crippen molar-refractivity contribution in [3.63, 3.8) is 0 Å². The van der Waals surface area contributed by atoms with Gasteiger partial charge in [0.05, 0.1) is 0 Å². The highest BCUT2D eigenvalue weighted by molar-refractivity contribution is 4.99. The van der Waals surface area contributed by atoms with Crippen LogP contribution >= 0.6 is 0 Å². The number of hydrogen-bond acceptors (Lipinski definition) is 4. The normalized spacial score (nSPS) is 49.8. The van der Waals surface area contributed by atoms with Crippen LogP contribution in [0.5, 0.6) is 0 Å². The molecule has 5 heteroatoms. The van der Waals surface area contributed by atoms with Crippen molar-refractivity contribution < 1.29 is 23.6 Å². The first-order valence-corrected chi connectivity index (χ1v) is 6.38. The van der Waals surface area contributed by atoms with E-state index in [1.807, 2.05) is 0 Å². The lowest BCUT2D eigenvalue weighted by atomic mass is 9.73. The number of fused-ring (bicyclic) bond motifs is 3. The van der Waals surface area contributed by atoms with Crippen molar-refractivity contribution in [2.75, 3.05) is 13.8 Å². The summed E-state index contributed by atoms with van der Waals surface area (Å²) in [6.07, 6.45) is 5.10. The predicted octanol–water partition coefficient (Wildman–Crippen LogP) is 2.33. The number of hydrogen-bond donors (Lipinski definition) is 0. The van der Waals surface area contributed by atoms with E-state index in [2.05, 4.69) is 0 Å². The lowest BCUT2D eigenvalue weighted by Crippen LogP contribution is -2.60. The fourth-order valence-corrected chi connectivity index (χ4v) is 3.42. The Bertz CT molecular complexity index is 296. The first kappa shape index (κ1) is 11.8. The SMILES string of the molecule is CO[C@H]1O[C@@]2(CF)CC[C@H]3CCCC[C@]31OO2. The van der Waals surface area contributed by atoms with Gasteiger partial charge >= 0.3 is 0 Å². The largest absolute Gasteiger partial charge is 0.353 e. The smallest absolute Gasteiger partial charge is 0.232 e. The topological polar surface area (TPSA) is 36.9 Å². The molecule has 1 aliphatic carbocycles. The first-order chi connectivity index (χ1) is 8.25. The molecule has 4 aliphatic rings. The van der Waals surface area contributed by atoms with Gasteiger partial charge in [-0.1, -0.05) is 12.8 Å². The summed E-state index contributed by atoms with van der Waals surface area (Å²) in [5.41, 5.74) is -0.526. The highest BCUT2D eigenvalue weighted by atomic mass is 19.1. The van der Waals surface area contributed by atoms with Crippen LogP contribution in [0, 0.1) is 5.92 Å². The fourth-order valence-electron chi connectivity index (χ4n) is 3.42. The molecule has 4 fully saturated rings. The van der Waals surface area contributed by atoms with E-state index in [0.717, 1.165) is 25.7 Å². The Kier molecular flexibility index (Phi) is 2.89. The van der Waals surface area contributed by atoms with Crippen molar-refractivity contribution in [1.82, 2.24) is 0 Å². The summed E-state index contributed by atoms with van der Waals surface area (Å²) < 4.78 is 24.2. The summed E-state index contributed by atoms with van der Waals surface area (Å²) in [7, 11) is 1.58. The number of rotatable bonds is 2. The molecule has 17 heavy (non-hydrogen) atoms. The van der Waals surface area contributed by atoms with Gasteiger partial charge in [-0.3, -0.25) is 0 Å². The van der Waals surface area contributed by atoms with Crippen LogP contribution in [0.1, 0.15) is 38.5 Å². The lowest BCUT2D eigenvalue weighted by Gasteiger charge is -2.49. The average molecular weight is 246 g/mol. The van der Waals surface area contributed by atoms with Crippen molar-refractivity contribution in [3.05, 3.63) is 0 Å². The molecule has 0 amide bonds. The third kappa shape index (κ3) is 1.63. The molecule has 0 aromatic carbocycles. The molecule has 98 valence electrons. The van der Waals surface area contributed by atoms with E-state index in [1.165, 1.54) is 6.42 Å². The third-order valence-electron chi connectivity index (χ3n) is 4.42. The molecule has 4 rings (SSSR count). The Morgan fingerprint density at radius 3 is 2.88 bits per heavy atom. The van der Waals surface area contributed by atoms with Crippen molar-refractivity contribution in [1.29, 1.82) is 0 Å². The molecule has 0 unspecified atom stereocenters. The van der Waals surface area contributed by atoms with E-state index >= 15 is 0 Å². The molecule has 2 bridgehead atoms. The average Bonchev–Trinajstić information content (AvgIpc) is 2.64. The fraction of sp³-hybridized carbons (Fsp3) is 1.00. The molecular weight excluding hydrogens is 227 g/mol. The van der Waals surface area contributed by atoms with E-state index in [-0.39, 0.29) is 0 Å². The number of ether oxygens (including phenoxy) is 2. The Morgan fingerprint density at radius 2 is 2.12 bits per heavy atom. The van der Waals surface area contributed by atoms with Crippen LogP contribution in [0.3, 0.4) is 0 Å². The zero-order chi connectivity index (χ0) is 11.9. The van der Waals surface area contributed by atoms with Crippen LogP contribution in [0.2, 0.25) is 0 Å². The molecule has 3 saturated heterocycles. The number of halogens is 1. The molecule has 1 spiro atoms. The second kappa shape index (κ2) is 4.16. The molecule has 0 aromatic rings. The van der Waals surface area contributed by atoms with E-state index in [1.54, 1.807) is 7.11 Å². The van der Waals surface area contributed by atoms with Gasteiger partial charge in [0.2, 0.25) is 5.79 Å². The van der Waals surface area contributed by atoms with Crippen molar-refractivity contribution in [3.8, 4) is 0 Å². The van der Waals surface area contributed by atoms with Gasteiger partial charge in [-0.2, -0.15) is 4.89 Å². The zero-order valence-corrected chi connectivity index (χ0v) is 10.1. The Hall–Kier alpha value is -0.230. The van der Waals surface area contributed by atoms with Gasteiger partial charge in [0.25, 0.3) is 0 Å². The number of alkyl halides is 1. The molecule has 3 aliphatic heterocycles. The van der Waals surface area contributed by atoms with Crippen molar-refractivity contribution in [2.24, 2.45) is 5.92 Å². The molecule has 4 nitrogen and oxygen atoms in total. The summed E-state index contributed by atoms with van der Waals surface area (Å²) in [4.78, 5) is 10.9. The minimum absolute atomic E-state index is 0.345. The molecule has 0 aromatic heterocycles. The van der Waals surface area contributed by atoms with Crippen LogP contribution in [0.15, 0.2) is 0 Å². The van der Waals surface area contributed by atoms with Gasteiger partial charge in [-0.25, -0.2) is 9.28 Å². The van der Waals surface area contributed by atoms with E-state index in [4.69, 9.17) is 19.2 Å². The second-order valence-corrected chi connectivity index (χ2v) is 5.33. The van der Waals surface area contributed by atoms with Crippen LogP contribution in [0.4, 0.5) is 4.39 Å². The molecule has 0 N–H and O–H groups in total. The van der Waals surface area contributed by atoms with Crippen molar-refractivity contribution in [2.45, 2.75) is 56.2 Å². The maximum Gasteiger partial charge on any atom is 0.232 e. The van der Waals surface area contributed by atoms with Crippen LogP contribution in [-0.4, -0.2) is 31.5 Å². The molecule has 0 radical (unpaired) electrons. The van der Waals surface area contributed by atoms with Gasteiger partial charge < -0.3 is 9.47 Å². The van der Waals surface area contributed by atoms with E-state index in [0.29, 0.717) is 12.3 Å². The standard InChI is InChI=1S/C12H19FO4/c1-14-10-12-6-3-2-4-9(12)5-7-11(8-13,15-10)16-17-12/h9-10H,2-8H2,1H3/t9-,10+,11+,12+/m1/s1. The summed E-state index contributed by atoms with van der Waals surface area (Å²) in [5.74, 6) is -0.902. The van der Waals surface area contributed by atoms with Crippen LogP contribution in [-0.2, 0) is 19.2 Å². The molecule has 1 saturated carbocycles. The van der Waals surface area contributed by atoms with Crippen LogP contribution in [0.25, 0.3) is 0 Å².